The molecule has 1 aromatic carbocycles. The van der Waals surface area contributed by atoms with Gasteiger partial charge < -0.3 is 10.3 Å². The predicted octanol–water partition coefficient (Wildman–Crippen LogP) is 3.08. The molecule has 2 N–H and O–H groups in total. The number of hydrogen-bond acceptors (Lipinski definition) is 2. The van der Waals surface area contributed by atoms with Crippen LogP contribution in [0.4, 0.5) is 0 Å². The van der Waals surface area contributed by atoms with Crippen LogP contribution in [0.1, 0.15) is 17.5 Å². The van der Waals surface area contributed by atoms with Gasteiger partial charge in [0.15, 0.2) is 0 Å². The molecule has 0 atom stereocenters. The lowest BCUT2D eigenvalue weighted by Gasteiger charge is -2.05. The summed E-state index contributed by atoms with van der Waals surface area (Å²) in [6, 6.07) is 5.78. The second-order valence-corrected chi connectivity index (χ2v) is 6.07. The molecule has 3 aromatic rings. The number of nitrogens with one attached hydrogen (secondary N) is 2. The van der Waals surface area contributed by atoms with Gasteiger partial charge in [0, 0.05) is 47.8 Å². The number of carbonyl (C=O) groups excluding carboxylic acids is 1. The average molecular weight is 331 g/mol. The van der Waals surface area contributed by atoms with Crippen molar-refractivity contribution in [3.05, 3.63) is 52.9 Å². The molecule has 23 heavy (non-hydrogen) atoms. The van der Waals surface area contributed by atoms with E-state index in [1.165, 1.54) is 0 Å². The first kappa shape index (κ1) is 15.6. The third kappa shape index (κ3) is 3.93. The zero-order valence-electron chi connectivity index (χ0n) is 13.0. The first-order chi connectivity index (χ1) is 11.1. The molecule has 0 bridgehead atoms. The fourth-order valence-corrected chi connectivity index (χ4v) is 2.76. The predicted molar refractivity (Wildman–Crippen MR) is 91.6 cm³/mol. The number of nitrogens with zero attached hydrogens (tertiary/aromatic N) is 2. The molecule has 2 aromatic heterocycles. The van der Waals surface area contributed by atoms with Crippen molar-refractivity contribution in [2.75, 3.05) is 6.54 Å². The summed E-state index contributed by atoms with van der Waals surface area (Å²) < 4.78 is 1.79. The SMILES string of the molecule is Cc1cnn(CCC(=O)NCCc2c[nH]c3ccc(Cl)cc23)c1. The molecular formula is C17H19ClN4O. The summed E-state index contributed by atoms with van der Waals surface area (Å²) in [5.74, 6) is 0.0380. The summed E-state index contributed by atoms with van der Waals surface area (Å²) in [6.45, 7) is 3.19. The Labute approximate surface area is 139 Å². The zero-order chi connectivity index (χ0) is 16.2. The highest BCUT2D eigenvalue weighted by molar-refractivity contribution is 6.31. The van der Waals surface area contributed by atoms with Crippen LogP contribution in [0.25, 0.3) is 10.9 Å². The largest absolute Gasteiger partial charge is 0.361 e. The highest BCUT2D eigenvalue weighted by atomic mass is 35.5. The number of halogens is 1. The van der Waals surface area contributed by atoms with E-state index in [4.69, 9.17) is 11.6 Å². The maximum absolute atomic E-state index is 11.9. The van der Waals surface area contributed by atoms with Crippen molar-refractivity contribution in [3.63, 3.8) is 0 Å². The summed E-state index contributed by atoms with van der Waals surface area (Å²) in [6.07, 6.45) is 6.90. The third-order valence-corrected chi connectivity index (χ3v) is 4.01. The van der Waals surface area contributed by atoms with Crippen LogP contribution in [-0.2, 0) is 17.8 Å². The number of H-pyrrole nitrogens is 1. The zero-order valence-corrected chi connectivity index (χ0v) is 13.7. The fourth-order valence-electron chi connectivity index (χ4n) is 2.59. The molecule has 5 nitrogen and oxygen atoms in total. The summed E-state index contributed by atoms with van der Waals surface area (Å²) >= 11 is 6.04. The lowest BCUT2D eigenvalue weighted by atomic mass is 10.1. The van der Waals surface area contributed by atoms with E-state index in [2.05, 4.69) is 15.4 Å². The van der Waals surface area contributed by atoms with Crippen molar-refractivity contribution >= 4 is 28.4 Å². The highest BCUT2D eigenvalue weighted by Crippen LogP contribution is 2.22. The van der Waals surface area contributed by atoms with Gasteiger partial charge in [0.1, 0.15) is 0 Å². The number of carbonyl (C=O) groups is 1. The van der Waals surface area contributed by atoms with E-state index < -0.39 is 0 Å². The van der Waals surface area contributed by atoms with Crippen LogP contribution in [0.2, 0.25) is 5.02 Å². The molecule has 0 aliphatic rings. The van der Waals surface area contributed by atoms with Crippen molar-refractivity contribution in [1.82, 2.24) is 20.1 Å². The summed E-state index contributed by atoms with van der Waals surface area (Å²) in [7, 11) is 0. The van der Waals surface area contributed by atoms with E-state index in [1.54, 1.807) is 10.9 Å². The van der Waals surface area contributed by atoms with Gasteiger partial charge in [0.2, 0.25) is 5.91 Å². The van der Waals surface area contributed by atoms with E-state index in [1.807, 2.05) is 37.5 Å². The molecule has 120 valence electrons. The number of benzene rings is 1. The minimum atomic E-state index is 0.0380. The summed E-state index contributed by atoms with van der Waals surface area (Å²) in [5.41, 5.74) is 3.32. The van der Waals surface area contributed by atoms with Crippen LogP contribution in [0, 0.1) is 6.92 Å². The van der Waals surface area contributed by atoms with Gasteiger partial charge in [-0.05, 0) is 42.7 Å². The minimum Gasteiger partial charge on any atom is -0.361 e. The van der Waals surface area contributed by atoms with Crippen molar-refractivity contribution in [2.24, 2.45) is 0 Å². The smallest absolute Gasteiger partial charge is 0.221 e. The Morgan fingerprint density at radius 3 is 3.09 bits per heavy atom. The van der Waals surface area contributed by atoms with Gasteiger partial charge in [-0.25, -0.2) is 0 Å². The Morgan fingerprint density at radius 1 is 1.43 bits per heavy atom. The van der Waals surface area contributed by atoms with Crippen LogP contribution in [-0.4, -0.2) is 27.2 Å². The lowest BCUT2D eigenvalue weighted by molar-refractivity contribution is -0.121. The molecule has 1 amide bonds. The molecule has 0 aliphatic carbocycles. The maximum atomic E-state index is 11.9. The Morgan fingerprint density at radius 2 is 2.30 bits per heavy atom. The van der Waals surface area contributed by atoms with Crippen LogP contribution >= 0.6 is 11.6 Å². The minimum absolute atomic E-state index is 0.0380. The quantitative estimate of drug-likeness (QED) is 0.729. The van der Waals surface area contributed by atoms with E-state index in [-0.39, 0.29) is 5.91 Å². The number of aromatic nitrogens is 3. The lowest BCUT2D eigenvalue weighted by Crippen LogP contribution is -2.26. The van der Waals surface area contributed by atoms with Crippen molar-refractivity contribution < 1.29 is 4.79 Å². The Balaban J connectivity index is 1.48. The average Bonchev–Trinajstić information content (AvgIpc) is 3.12. The van der Waals surface area contributed by atoms with Crippen molar-refractivity contribution in [3.8, 4) is 0 Å². The summed E-state index contributed by atoms with van der Waals surface area (Å²) in [4.78, 5) is 15.1. The molecule has 0 spiro atoms. The Kier molecular flexibility index (Phi) is 4.67. The number of aromatic amines is 1. The number of hydrogen-bond donors (Lipinski definition) is 2. The Bertz CT molecular complexity index is 821. The molecule has 3 rings (SSSR count). The van der Waals surface area contributed by atoms with Gasteiger partial charge in [-0.2, -0.15) is 5.10 Å². The second kappa shape index (κ2) is 6.87. The maximum Gasteiger partial charge on any atom is 0.221 e. The molecular weight excluding hydrogens is 312 g/mol. The van der Waals surface area contributed by atoms with Gasteiger partial charge in [-0.15, -0.1) is 0 Å². The van der Waals surface area contributed by atoms with Crippen molar-refractivity contribution in [1.29, 1.82) is 0 Å². The van der Waals surface area contributed by atoms with E-state index >= 15 is 0 Å². The Hall–Kier alpha value is -2.27. The molecule has 0 saturated carbocycles. The first-order valence-corrected chi connectivity index (χ1v) is 8.01. The molecule has 0 radical (unpaired) electrons. The summed E-state index contributed by atoms with van der Waals surface area (Å²) in [5, 5.41) is 8.95. The molecule has 0 fully saturated rings. The van der Waals surface area contributed by atoms with Gasteiger partial charge in [0.05, 0.1) is 6.20 Å². The molecule has 2 heterocycles. The molecule has 6 heteroatoms. The molecule has 0 saturated heterocycles. The van der Waals surface area contributed by atoms with Gasteiger partial charge >= 0.3 is 0 Å². The van der Waals surface area contributed by atoms with Crippen LogP contribution in [0.3, 0.4) is 0 Å². The standard InChI is InChI=1S/C17H19ClN4O/c1-12-9-21-22(11-12)7-5-17(23)19-6-4-13-10-20-16-3-2-14(18)8-15(13)16/h2-3,8-11,20H,4-7H2,1H3,(H,19,23). The van der Waals surface area contributed by atoms with E-state index in [0.29, 0.717) is 19.5 Å². The van der Waals surface area contributed by atoms with Crippen LogP contribution < -0.4 is 5.32 Å². The van der Waals surface area contributed by atoms with E-state index in [9.17, 15) is 4.79 Å². The number of amides is 1. The second-order valence-electron chi connectivity index (χ2n) is 5.63. The number of aryl methyl sites for hydroxylation is 2. The molecule has 0 aliphatic heterocycles. The van der Waals surface area contributed by atoms with Gasteiger partial charge in [0.25, 0.3) is 0 Å². The topological polar surface area (TPSA) is 62.7 Å². The first-order valence-electron chi connectivity index (χ1n) is 7.63. The number of fused-ring (bicyclic) bond motifs is 1. The highest BCUT2D eigenvalue weighted by Gasteiger charge is 2.06. The fraction of sp³-hybridized carbons (Fsp3) is 0.294. The normalized spacial score (nSPS) is 11.0. The van der Waals surface area contributed by atoms with Gasteiger partial charge in [-0.3, -0.25) is 9.48 Å². The number of rotatable bonds is 6. The monoisotopic (exact) mass is 330 g/mol. The van der Waals surface area contributed by atoms with E-state index in [0.717, 1.165) is 33.5 Å². The van der Waals surface area contributed by atoms with Crippen LogP contribution in [0.15, 0.2) is 36.8 Å². The third-order valence-electron chi connectivity index (χ3n) is 3.78. The molecule has 0 unspecified atom stereocenters. The van der Waals surface area contributed by atoms with Gasteiger partial charge in [-0.1, -0.05) is 11.6 Å². The van der Waals surface area contributed by atoms with Crippen molar-refractivity contribution in [2.45, 2.75) is 26.3 Å². The van der Waals surface area contributed by atoms with Crippen LogP contribution in [0.5, 0.6) is 0 Å².